The summed E-state index contributed by atoms with van der Waals surface area (Å²) in [5.41, 5.74) is 0. The Morgan fingerprint density at radius 2 is 2.08 bits per heavy atom. The predicted octanol–water partition coefficient (Wildman–Crippen LogP) is 1.33. The van der Waals surface area contributed by atoms with Crippen LogP contribution in [0.25, 0.3) is 0 Å². The van der Waals surface area contributed by atoms with E-state index in [4.69, 9.17) is 16.3 Å². The lowest BCUT2D eigenvalue weighted by atomic mass is 9.98. The van der Waals surface area contributed by atoms with E-state index in [-0.39, 0.29) is 0 Å². The number of terminal acetylenes is 1. The maximum atomic E-state index is 9.03. The minimum Gasteiger partial charge on any atom is -0.378 e. The summed E-state index contributed by atoms with van der Waals surface area (Å²) in [5, 5.41) is 9.03. The summed E-state index contributed by atoms with van der Waals surface area (Å²) < 4.78 is 5.44. The molecule has 0 amide bonds. The van der Waals surface area contributed by atoms with E-state index in [1.807, 2.05) is 0 Å². The Morgan fingerprint density at radius 3 is 2.67 bits per heavy atom. The molecule has 1 aliphatic carbocycles. The van der Waals surface area contributed by atoms with E-state index < -0.39 is 6.10 Å². The van der Waals surface area contributed by atoms with Crippen LogP contribution in [0, 0.1) is 12.3 Å². The minimum atomic E-state index is -0.730. The minimum absolute atomic E-state index is 0.293. The van der Waals surface area contributed by atoms with Crippen molar-refractivity contribution in [3.8, 4) is 12.3 Å². The third kappa shape index (κ3) is 3.25. The van der Waals surface area contributed by atoms with Crippen LogP contribution in [0.15, 0.2) is 0 Å². The van der Waals surface area contributed by atoms with Gasteiger partial charge in [-0.15, -0.1) is 6.42 Å². The van der Waals surface area contributed by atoms with Crippen molar-refractivity contribution < 1.29 is 9.84 Å². The number of aliphatic hydroxyl groups excluding tert-OH is 1. The first-order valence-corrected chi connectivity index (χ1v) is 4.58. The van der Waals surface area contributed by atoms with Crippen LogP contribution in [-0.4, -0.2) is 23.9 Å². The highest BCUT2D eigenvalue weighted by Crippen LogP contribution is 2.20. The van der Waals surface area contributed by atoms with Gasteiger partial charge in [0.1, 0.15) is 6.10 Å². The topological polar surface area (TPSA) is 29.5 Å². The van der Waals surface area contributed by atoms with Crippen molar-refractivity contribution in [2.75, 3.05) is 6.61 Å². The van der Waals surface area contributed by atoms with Crippen molar-refractivity contribution in [3.63, 3.8) is 0 Å². The smallest absolute Gasteiger partial charge is 0.137 e. The summed E-state index contributed by atoms with van der Waals surface area (Å²) in [4.78, 5) is 0. The molecule has 0 aromatic carbocycles. The number of ether oxygens (including phenoxy) is 1. The van der Waals surface area contributed by atoms with Gasteiger partial charge in [0.15, 0.2) is 0 Å². The quantitative estimate of drug-likeness (QED) is 0.644. The Labute approximate surface area is 73.9 Å². The molecule has 12 heavy (non-hydrogen) atoms. The van der Waals surface area contributed by atoms with E-state index in [0.29, 0.717) is 12.7 Å². The molecule has 0 aromatic rings. The summed E-state index contributed by atoms with van der Waals surface area (Å²) in [6.07, 6.45) is 10.7. The molecule has 0 saturated heterocycles. The Balaban J connectivity index is 2.10. The van der Waals surface area contributed by atoms with Gasteiger partial charge in [-0.25, -0.2) is 0 Å². The zero-order valence-corrected chi connectivity index (χ0v) is 7.33. The van der Waals surface area contributed by atoms with Crippen LogP contribution in [0.3, 0.4) is 0 Å². The van der Waals surface area contributed by atoms with E-state index in [2.05, 4.69) is 5.92 Å². The van der Waals surface area contributed by atoms with Gasteiger partial charge in [0.25, 0.3) is 0 Å². The molecule has 0 aliphatic heterocycles. The zero-order chi connectivity index (χ0) is 8.81. The molecular formula is C10H16O2. The molecule has 0 bridgehead atoms. The first-order chi connectivity index (χ1) is 5.83. The van der Waals surface area contributed by atoms with Crippen molar-refractivity contribution in [3.05, 3.63) is 0 Å². The largest absolute Gasteiger partial charge is 0.378 e. The summed E-state index contributed by atoms with van der Waals surface area (Å²) in [6.45, 7) is 0.293. The maximum absolute atomic E-state index is 9.03. The summed E-state index contributed by atoms with van der Waals surface area (Å²) in [5.74, 6) is 2.24. The van der Waals surface area contributed by atoms with Gasteiger partial charge in [-0.2, -0.15) is 0 Å². The lowest BCUT2D eigenvalue weighted by molar-refractivity contribution is -0.00750. The second kappa shape index (κ2) is 5.18. The molecule has 0 aromatic heterocycles. The molecule has 0 unspecified atom stereocenters. The standard InChI is InChI=1S/C10H16O2/c1-2-9(11)8-12-10-6-4-3-5-7-10/h1,9-11H,3-8H2/t9-/m0/s1. The fraction of sp³-hybridized carbons (Fsp3) is 0.800. The number of hydrogen-bond donors (Lipinski definition) is 1. The number of rotatable bonds is 3. The van der Waals surface area contributed by atoms with Gasteiger partial charge in [-0.05, 0) is 12.8 Å². The molecule has 68 valence electrons. The summed E-state index contributed by atoms with van der Waals surface area (Å²) in [6, 6.07) is 0. The van der Waals surface area contributed by atoms with Crippen LogP contribution in [0.2, 0.25) is 0 Å². The molecule has 0 spiro atoms. The maximum Gasteiger partial charge on any atom is 0.137 e. The normalized spacial score (nSPS) is 21.7. The van der Waals surface area contributed by atoms with Gasteiger partial charge in [-0.1, -0.05) is 25.2 Å². The van der Waals surface area contributed by atoms with Gasteiger partial charge in [-0.3, -0.25) is 0 Å². The molecule has 1 atom stereocenters. The highest BCUT2D eigenvalue weighted by atomic mass is 16.5. The monoisotopic (exact) mass is 168 g/mol. The molecule has 0 radical (unpaired) electrons. The molecule has 0 heterocycles. The second-order valence-corrected chi connectivity index (χ2v) is 3.28. The van der Waals surface area contributed by atoms with Crippen LogP contribution < -0.4 is 0 Å². The first kappa shape index (κ1) is 9.57. The van der Waals surface area contributed by atoms with Crippen molar-refractivity contribution in [2.45, 2.75) is 44.3 Å². The number of hydrogen-bond acceptors (Lipinski definition) is 2. The van der Waals surface area contributed by atoms with Crippen LogP contribution >= 0.6 is 0 Å². The molecule has 2 heteroatoms. The molecule has 1 saturated carbocycles. The molecule has 1 N–H and O–H groups in total. The van der Waals surface area contributed by atoms with Gasteiger partial charge < -0.3 is 9.84 Å². The van der Waals surface area contributed by atoms with Gasteiger partial charge in [0.2, 0.25) is 0 Å². The van der Waals surface area contributed by atoms with E-state index >= 15 is 0 Å². The summed E-state index contributed by atoms with van der Waals surface area (Å²) in [7, 11) is 0. The van der Waals surface area contributed by atoms with E-state index in [1.165, 1.54) is 19.3 Å². The van der Waals surface area contributed by atoms with Crippen LogP contribution in [0.4, 0.5) is 0 Å². The van der Waals surface area contributed by atoms with Gasteiger partial charge in [0, 0.05) is 0 Å². The zero-order valence-electron chi connectivity index (χ0n) is 7.33. The SMILES string of the molecule is C#C[C@H](O)COC1CCCCC1. The third-order valence-electron chi connectivity index (χ3n) is 2.23. The van der Waals surface area contributed by atoms with E-state index in [1.54, 1.807) is 0 Å². The van der Waals surface area contributed by atoms with Crippen molar-refractivity contribution in [1.29, 1.82) is 0 Å². The Morgan fingerprint density at radius 1 is 1.42 bits per heavy atom. The van der Waals surface area contributed by atoms with Crippen molar-refractivity contribution in [2.24, 2.45) is 0 Å². The molecule has 1 fully saturated rings. The average Bonchev–Trinajstić information content (AvgIpc) is 2.16. The third-order valence-corrected chi connectivity index (χ3v) is 2.23. The first-order valence-electron chi connectivity index (χ1n) is 4.58. The predicted molar refractivity (Wildman–Crippen MR) is 47.7 cm³/mol. The molecule has 1 aliphatic rings. The lowest BCUT2D eigenvalue weighted by Gasteiger charge is -2.22. The van der Waals surface area contributed by atoms with Crippen molar-refractivity contribution in [1.82, 2.24) is 0 Å². The summed E-state index contributed by atoms with van der Waals surface area (Å²) >= 11 is 0. The van der Waals surface area contributed by atoms with E-state index in [0.717, 1.165) is 12.8 Å². The second-order valence-electron chi connectivity index (χ2n) is 3.28. The molecule has 1 rings (SSSR count). The van der Waals surface area contributed by atoms with Gasteiger partial charge in [0.05, 0.1) is 12.7 Å². The van der Waals surface area contributed by atoms with Gasteiger partial charge >= 0.3 is 0 Å². The average molecular weight is 168 g/mol. The molecule has 2 nitrogen and oxygen atoms in total. The van der Waals surface area contributed by atoms with Crippen LogP contribution in [0.1, 0.15) is 32.1 Å². The van der Waals surface area contributed by atoms with Crippen LogP contribution in [0.5, 0.6) is 0 Å². The lowest BCUT2D eigenvalue weighted by Crippen LogP contribution is -2.22. The fourth-order valence-electron chi connectivity index (χ4n) is 1.51. The fourth-order valence-corrected chi connectivity index (χ4v) is 1.51. The number of aliphatic hydroxyl groups is 1. The van der Waals surface area contributed by atoms with Crippen LogP contribution in [-0.2, 0) is 4.74 Å². The molecular weight excluding hydrogens is 152 g/mol. The highest BCUT2D eigenvalue weighted by molar-refractivity contribution is 4.93. The van der Waals surface area contributed by atoms with E-state index in [9.17, 15) is 0 Å². The highest BCUT2D eigenvalue weighted by Gasteiger charge is 2.14. The Bertz CT molecular complexity index is 154. The Kier molecular flexibility index (Phi) is 4.13. The Hall–Kier alpha value is -0.520. The van der Waals surface area contributed by atoms with Crippen molar-refractivity contribution >= 4 is 0 Å².